The van der Waals surface area contributed by atoms with Crippen molar-refractivity contribution in [2.45, 2.75) is 23.4 Å². The number of hydrogen-bond donors (Lipinski definition) is 1. The number of fused-ring (bicyclic) bond motifs is 1. The molecule has 138 valence electrons. The minimum atomic E-state index is -3.82. The minimum Gasteiger partial charge on any atom is -0.283 e. The molecule has 0 bridgehead atoms. The zero-order valence-electron chi connectivity index (χ0n) is 14.5. The van der Waals surface area contributed by atoms with E-state index in [-0.39, 0.29) is 27.4 Å². The summed E-state index contributed by atoms with van der Waals surface area (Å²) in [5, 5.41) is 15.4. The van der Waals surface area contributed by atoms with E-state index in [4.69, 9.17) is 0 Å². The lowest BCUT2D eigenvalue weighted by atomic mass is 10.2. The summed E-state index contributed by atoms with van der Waals surface area (Å²) in [6.45, 7) is 2.07. The molecule has 0 unspecified atom stereocenters. The molecule has 0 saturated carbocycles. The van der Waals surface area contributed by atoms with Crippen LogP contribution in [-0.2, 0) is 23.4 Å². The highest BCUT2D eigenvalue weighted by Crippen LogP contribution is 2.20. The summed E-state index contributed by atoms with van der Waals surface area (Å²) in [5.41, 5.74) is 1.18. The molecule has 11 heteroatoms. The van der Waals surface area contributed by atoms with Gasteiger partial charge in [-0.15, -0.1) is 0 Å². The van der Waals surface area contributed by atoms with E-state index in [2.05, 4.69) is 25.4 Å². The minimum absolute atomic E-state index is 0.0343. The fraction of sp³-hybridized carbons (Fsp3) is 0.188. The Morgan fingerprint density at radius 2 is 1.96 bits per heavy atom. The summed E-state index contributed by atoms with van der Waals surface area (Å²) in [5.74, 6) is 0. The molecule has 27 heavy (non-hydrogen) atoms. The molecule has 10 nitrogen and oxygen atoms in total. The molecule has 0 spiro atoms. The Hall–Kier alpha value is -3.34. The molecule has 0 atom stereocenters. The zero-order valence-corrected chi connectivity index (χ0v) is 15.3. The van der Waals surface area contributed by atoms with Crippen LogP contribution in [0.1, 0.15) is 11.4 Å². The Labute approximate surface area is 153 Å². The number of pyridine rings is 1. The van der Waals surface area contributed by atoms with Crippen molar-refractivity contribution in [1.82, 2.24) is 34.7 Å². The smallest absolute Gasteiger partial charge is 0.276 e. The van der Waals surface area contributed by atoms with Crippen LogP contribution in [0.25, 0.3) is 10.8 Å². The molecular formula is C16H15N7O3S. The summed E-state index contributed by atoms with van der Waals surface area (Å²) in [6, 6.07) is 3.16. The molecule has 0 saturated heterocycles. The lowest BCUT2D eigenvalue weighted by Gasteiger charge is -2.06. The molecular weight excluding hydrogens is 370 g/mol. The van der Waals surface area contributed by atoms with Gasteiger partial charge < -0.3 is 0 Å². The number of H-pyrrole nitrogens is 1. The van der Waals surface area contributed by atoms with Gasteiger partial charge in [-0.1, -0.05) is 0 Å². The van der Waals surface area contributed by atoms with Gasteiger partial charge in [-0.05, 0) is 19.1 Å². The first-order valence-electron chi connectivity index (χ1n) is 7.95. The fourth-order valence-corrected chi connectivity index (χ4v) is 3.88. The Morgan fingerprint density at radius 3 is 2.63 bits per heavy atom. The molecule has 0 aliphatic heterocycles. The van der Waals surface area contributed by atoms with Crippen molar-refractivity contribution >= 4 is 20.6 Å². The van der Waals surface area contributed by atoms with Crippen LogP contribution in [0.3, 0.4) is 0 Å². The average molecular weight is 385 g/mol. The Kier molecular flexibility index (Phi) is 3.88. The summed E-state index contributed by atoms with van der Waals surface area (Å²) in [4.78, 5) is 16.7. The quantitative estimate of drug-likeness (QED) is 0.539. The first-order valence-corrected chi connectivity index (χ1v) is 9.43. The highest BCUT2D eigenvalue weighted by Gasteiger charge is 2.22. The number of sulfone groups is 1. The Morgan fingerprint density at radius 1 is 1.15 bits per heavy atom. The van der Waals surface area contributed by atoms with Gasteiger partial charge in [0, 0.05) is 30.5 Å². The van der Waals surface area contributed by atoms with Gasteiger partial charge >= 0.3 is 0 Å². The van der Waals surface area contributed by atoms with Crippen LogP contribution in [0.15, 0.2) is 51.6 Å². The van der Waals surface area contributed by atoms with Crippen LogP contribution in [0.2, 0.25) is 0 Å². The van der Waals surface area contributed by atoms with Crippen LogP contribution < -0.4 is 5.56 Å². The van der Waals surface area contributed by atoms with E-state index in [0.29, 0.717) is 11.1 Å². The number of nitrogens with zero attached hydrogens (tertiary/aromatic N) is 6. The number of aromatic amines is 1. The Bertz CT molecular complexity index is 1320. The summed E-state index contributed by atoms with van der Waals surface area (Å²) < 4.78 is 28.0. The van der Waals surface area contributed by atoms with Crippen molar-refractivity contribution in [3.05, 3.63) is 58.7 Å². The molecule has 1 N–H and O–H groups in total. The largest absolute Gasteiger partial charge is 0.283 e. The van der Waals surface area contributed by atoms with Gasteiger partial charge in [-0.2, -0.15) is 15.3 Å². The average Bonchev–Trinajstić information content (AvgIpc) is 3.26. The number of rotatable bonds is 4. The van der Waals surface area contributed by atoms with E-state index in [1.165, 1.54) is 40.2 Å². The molecule has 4 rings (SSSR count). The fourth-order valence-electron chi connectivity index (χ4n) is 2.69. The molecule has 0 amide bonds. The van der Waals surface area contributed by atoms with Crippen molar-refractivity contribution in [2.75, 3.05) is 0 Å². The predicted molar refractivity (Wildman–Crippen MR) is 94.9 cm³/mol. The highest BCUT2D eigenvalue weighted by molar-refractivity contribution is 7.91. The van der Waals surface area contributed by atoms with Gasteiger partial charge in [0.1, 0.15) is 4.90 Å². The molecule has 0 fully saturated rings. The van der Waals surface area contributed by atoms with Crippen molar-refractivity contribution in [3.8, 4) is 0 Å². The molecule has 4 aromatic rings. The lowest BCUT2D eigenvalue weighted by molar-refractivity contribution is 0.592. The van der Waals surface area contributed by atoms with E-state index in [9.17, 15) is 13.2 Å². The van der Waals surface area contributed by atoms with Gasteiger partial charge in [0.2, 0.25) is 9.84 Å². The third-order valence-electron chi connectivity index (χ3n) is 4.05. The molecule has 0 radical (unpaired) electrons. The number of aromatic nitrogens is 7. The maximum Gasteiger partial charge on any atom is 0.276 e. The second kappa shape index (κ2) is 6.13. The first kappa shape index (κ1) is 17.1. The molecule has 0 aliphatic rings. The van der Waals surface area contributed by atoms with Crippen LogP contribution >= 0.6 is 0 Å². The third-order valence-corrected chi connectivity index (χ3v) is 5.65. The summed E-state index contributed by atoms with van der Waals surface area (Å²) in [7, 11) is -2.20. The van der Waals surface area contributed by atoms with Crippen LogP contribution in [0.5, 0.6) is 0 Å². The Balaban J connectivity index is 1.76. The third kappa shape index (κ3) is 3.01. The van der Waals surface area contributed by atoms with Gasteiger partial charge in [-0.25, -0.2) is 18.1 Å². The van der Waals surface area contributed by atoms with Crippen LogP contribution in [0.4, 0.5) is 0 Å². The molecule has 4 heterocycles. The summed E-state index contributed by atoms with van der Waals surface area (Å²) in [6.07, 6.45) is 5.35. The second-order valence-electron chi connectivity index (χ2n) is 6.11. The van der Waals surface area contributed by atoms with Crippen molar-refractivity contribution < 1.29 is 8.42 Å². The number of aryl methyl sites for hydroxylation is 2. The summed E-state index contributed by atoms with van der Waals surface area (Å²) >= 11 is 0. The number of nitrogens with one attached hydrogen (secondary N) is 1. The zero-order chi connectivity index (χ0) is 19.2. The maximum atomic E-state index is 12.7. The van der Waals surface area contributed by atoms with Gasteiger partial charge in [-0.3, -0.25) is 14.6 Å². The predicted octanol–water partition coefficient (Wildman–Crippen LogP) is 0.438. The maximum absolute atomic E-state index is 12.7. The van der Waals surface area contributed by atoms with E-state index >= 15 is 0 Å². The molecule has 4 aromatic heterocycles. The van der Waals surface area contributed by atoms with E-state index in [0.717, 1.165) is 5.69 Å². The van der Waals surface area contributed by atoms with Crippen molar-refractivity contribution in [1.29, 1.82) is 0 Å². The lowest BCUT2D eigenvalue weighted by Crippen LogP contribution is -2.23. The van der Waals surface area contributed by atoms with E-state index < -0.39 is 9.84 Å². The monoisotopic (exact) mass is 385 g/mol. The van der Waals surface area contributed by atoms with Crippen molar-refractivity contribution in [2.24, 2.45) is 7.05 Å². The SMILES string of the molecule is Cc1cc(Cn2ncc3cc(S(=O)(=O)c4cnn(C)c4)ncc3c2=O)n[nH]1. The molecule has 0 aliphatic carbocycles. The topological polar surface area (TPSA) is 128 Å². The van der Waals surface area contributed by atoms with Gasteiger partial charge in [0.25, 0.3) is 5.56 Å². The van der Waals surface area contributed by atoms with Crippen LogP contribution in [-0.4, -0.2) is 43.2 Å². The van der Waals surface area contributed by atoms with Crippen molar-refractivity contribution in [3.63, 3.8) is 0 Å². The molecule has 0 aromatic carbocycles. The standard InChI is InChI=1S/C16H15N7O3S/c1-10-3-12(21-20-10)8-23-16(24)14-7-17-15(4-11(14)5-19-23)27(25,26)13-6-18-22(2)9-13/h3-7,9H,8H2,1-2H3,(H,20,21). The highest BCUT2D eigenvalue weighted by atomic mass is 32.2. The van der Waals surface area contributed by atoms with Gasteiger partial charge in [0.05, 0.1) is 30.0 Å². The normalized spacial score (nSPS) is 11.9. The van der Waals surface area contributed by atoms with Crippen LogP contribution in [0, 0.1) is 6.92 Å². The number of hydrogen-bond acceptors (Lipinski definition) is 7. The van der Waals surface area contributed by atoms with E-state index in [1.807, 2.05) is 13.0 Å². The second-order valence-corrected chi connectivity index (χ2v) is 8.01. The van der Waals surface area contributed by atoms with E-state index in [1.54, 1.807) is 7.05 Å². The first-order chi connectivity index (χ1) is 12.8. The van der Waals surface area contributed by atoms with Gasteiger partial charge in [0.15, 0.2) is 5.03 Å².